The van der Waals surface area contributed by atoms with E-state index >= 15 is 0 Å². The molecule has 0 aromatic heterocycles. The highest BCUT2D eigenvalue weighted by Gasteiger charge is 2.59. The number of ketones is 1. The molecule has 2 atom stereocenters. The van der Waals surface area contributed by atoms with E-state index in [9.17, 15) is 4.79 Å². The number of allylic oxidation sites excluding steroid dienone is 2. The van der Waals surface area contributed by atoms with E-state index in [4.69, 9.17) is 0 Å². The predicted molar refractivity (Wildman–Crippen MR) is 44.2 cm³/mol. The molecule has 2 fully saturated rings. The third-order valence-corrected chi connectivity index (χ3v) is 3.14. The second kappa shape index (κ2) is 2.20. The van der Waals surface area contributed by atoms with Crippen molar-refractivity contribution < 1.29 is 4.79 Å². The van der Waals surface area contributed by atoms with Crippen molar-refractivity contribution >= 4 is 5.78 Å². The summed E-state index contributed by atoms with van der Waals surface area (Å²) in [5.74, 6) is 1.13. The van der Waals surface area contributed by atoms with Crippen LogP contribution in [0.15, 0.2) is 12.2 Å². The third-order valence-electron chi connectivity index (χ3n) is 3.14. The molecule has 0 aromatic rings. The van der Waals surface area contributed by atoms with Crippen molar-refractivity contribution in [3.05, 3.63) is 12.2 Å². The maximum atomic E-state index is 11.4. The van der Waals surface area contributed by atoms with E-state index in [1.54, 1.807) is 0 Å². The van der Waals surface area contributed by atoms with Gasteiger partial charge in [-0.25, -0.2) is 0 Å². The van der Waals surface area contributed by atoms with Crippen LogP contribution in [0.25, 0.3) is 0 Å². The Morgan fingerprint density at radius 2 is 2.45 bits per heavy atom. The van der Waals surface area contributed by atoms with Crippen LogP contribution in [0.1, 0.15) is 32.6 Å². The molecule has 2 rings (SSSR count). The Morgan fingerprint density at radius 3 is 3.00 bits per heavy atom. The zero-order valence-corrected chi connectivity index (χ0v) is 6.97. The number of carbonyl (C=O) groups is 1. The predicted octanol–water partition coefficient (Wildman–Crippen LogP) is 2.32. The van der Waals surface area contributed by atoms with Crippen molar-refractivity contribution in [1.82, 2.24) is 0 Å². The van der Waals surface area contributed by atoms with Gasteiger partial charge < -0.3 is 0 Å². The van der Waals surface area contributed by atoms with Gasteiger partial charge in [0.15, 0.2) is 0 Å². The molecule has 1 spiro atoms. The van der Waals surface area contributed by atoms with Crippen molar-refractivity contribution in [2.24, 2.45) is 11.3 Å². The molecule has 60 valence electrons. The molecular formula is C10H14O. The van der Waals surface area contributed by atoms with E-state index in [0.29, 0.717) is 11.7 Å². The Balaban J connectivity index is 2.10. The standard InChI is InChI=1S/C10H14O/c1-2-4-8-7-10(8)6-3-5-9(10)11/h2,4,8H,3,5-7H2,1H3/b4-2+/t8-,10+/m0/s1. The first-order valence-corrected chi connectivity index (χ1v) is 4.46. The van der Waals surface area contributed by atoms with E-state index in [1.165, 1.54) is 0 Å². The Bertz CT molecular complexity index is 217. The Hall–Kier alpha value is -0.590. The lowest BCUT2D eigenvalue weighted by atomic mass is 10.0. The van der Waals surface area contributed by atoms with Gasteiger partial charge in [-0.05, 0) is 32.1 Å². The topological polar surface area (TPSA) is 17.1 Å². The summed E-state index contributed by atoms with van der Waals surface area (Å²) in [6.07, 6.45) is 8.53. The van der Waals surface area contributed by atoms with Crippen LogP contribution >= 0.6 is 0 Å². The Kier molecular flexibility index (Phi) is 1.41. The summed E-state index contributed by atoms with van der Waals surface area (Å²) < 4.78 is 0. The van der Waals surface area contributed by atoms with E-state index in [-0.39, 0.29) is 5.41 Å². The zero-order chi connectivity index (χ0) is 7.90. The summed E-state index contributed by atoms with van der Waals surface area (Å²) in [5.41, 5.74) is 0.145. The van der Waals surface area contributed by atoms with Crippen LogP contribution in [0.4, 0.5) is 0 Å². The Morgan fingerprint density at radius 1 is 1.64 bits per heavy atom. The lowest BCUT2D eigenvalue weighted by Gasteiger charge is -2.01. The Labute approximate surface area is 67.5 Å². The average molecular weight is 150 g/mol. The zero-order valence-electron chi connectivity index (χ0n) is 6.97. The molecule has 1 nitrogen and oxygen atoms in total. The number of hydrogen-bond donors (Lipinski definition) is 0. The fraction of sp³-hybridized carbons (Fsp3) is 0.700. The number of hydrogen-bond acceptors (Lipinski definition) is 1. The monoisotopic (exact) mass is 150 g/mol. The van der Waals surface area contributed by atoms with Crippen LogP contribution in [0.3, 0.4) is 0 Å². The van der Waals surface area contributed by atoms with Crippen LogP contribution in [0, 0.1) is 11.3 Å². The summed E-state index contributed by atoms with van der Waals surface area (Å²) in [7, 11) is 0. The quantitative estimate of drug-likeness (QED) is 0.524. The average Bonchev–Trinajstić information content (AvgIpc) is 2.53. The molecule has 0 bridgehead atoms. The molecule has 0 heterocycles. The van der Waals surface area contributed by atoms with Gasteiger partial charge in [-0.1, -0.05) is 12.2 Å². The van der Waals surface area contributed by atoms with Crippen LogP contribution < -0.4 is 0 Å². The summed E-state index contributed by atoms with van der Waals surface area (Å²) in [5, 5.41) is 0. The largest absolute Gasteiger partial charge is 0.299 e. The van der Waals surface area contributed by atoms with Crippen molar-refractivity contribution in [3.63, 3.8) is 0 Å². The van der Waals surface area contributed by atoms with Crippen LogP contribution in [-0.2, 0) is 4.79 Å². The van der Waals surface area contributed by atoms with E-state index < -0.39 is 0 Å². The maximum absolute atomic E-state index is 11.4. The summed E-state index contributed by atoms with van der Waals surface area (Å²) in [6.45, 7) is 2.03. The molecule has 0 unspecified atom stereocenters. The molecule has 11 heavy (non-hydrogen) atoms. The van der Waals surface area contributed by atoms with Gasteiger partial charge in [0, 0.05) is 11.8 Å². The fourth-order valence-electron chi connectivity index (χ4n) is 2.38. The van der Waals surface area contributed by atoms with Crippen molar-refractivity contribution in [2.45, 2.75) is 32.6 Å². The molecule has 0 saturated heterocycles. The SMILES string of the molecule is C/C=C/[C@H]1C[C@]12CCCC2=O. The van der Waals surface area contributed by atoms with Gasteiger partial charge in [0.1, 0.15) is 5.78 Å². The number of rotatable bonds is 1. The van der Waals surface area contributed by atoms with Gasteiger partial charge in [-0.3, -0.25) is 4.79 Å². The van der Waals surface area contributed by atoms with Crippen LogP contribution in [0.5, 0.6) is 0 Å². The van der Waals surface area contributed by atoms with Gasteiger partial charge in [-0.15, -0.1) is 0 Å². The molecular weight excluding hydrogens is 136 g/mol. The second-order valence-corrected chi connectivity index (χ2v) is 3.77. The first-order chi connectivity index (χ1) is 5.29. The van der Waals surface area contributed by atoms with E-state index in [0.717, 1.165) is 25.7 Å². The first-order valence-electron chi connectivity index (χ1n) is 4.46. The molecule has 0 aliphatic heterocycles. The van der Waals surface area contributed by atoms with Crippen molar-refractivity contribution in [2.75, 3.05) is 0 Å². The normalized spacial score (nSPS) is 42.6. The lowest BCUT2D eigenvalue weighted by molar-refractivity contribution is -0.122. The van der Waals surface area contributed by atoms with Gasteiger partial charge in [-0.2, -0.15) is 0 Å². The minimum Gasteiger partial charge on any atom is -0.299 e. The smallest absolute Gasteiger partial charge is 0.139 e. The summed E-state index contributed by atoms with van der Waals surface area (Å²) in [6, 6.07) is 0. The minimum atomic E-state index is 0.145. The van der Waals surface area contributed by atoms with E-state index in [2.05, 4.69) is 12.2 Å². The maximum Gasteiger partial charge on any atom is 0.139 e. The van der Waals surface area contributed by atoms with Crippen LogP contribution in [-0.4, -0.2) is 5.78 Å². The molecule has 0 amide bonds. The molecule has 2 saturated carbocycles. The number of Topliss-reactive ketones (excluding diaryl/α,β-unsaturated/α-hetero) is 1. The third kappa shape index (κ3) is 0.867. The summed E-state index contributed by atoms with van der Waals surface area (Å²) in [4.78, 5) is 11.4. The van der Waals surface area contributed by atoms with Gasteiger partial charge in [0.05, 0.1) is 0 Å². The lowest BCUT2D eigenvalue weighted by Crippen LogP contribution is -2.08. The summed E-state index contributed by atoms with van der Waals surface area (Å²) >= 11 is 0. The molecule has 0 radical (unpaired) electrons. The first kappa shape index (κ1) is 7.08. The molecule has 0 aromatic carbocycles. The molecule has 1 heteroatoms. The highest BCUT2D eigenvalue weighted by molar-refractivity contribution is 5.90. The van der Waals surface area contributed by atoms with Crippen LogP contribution in [0.2, 0.25) is 0 Å². The molecule has 0 N–H and O–H groups in total. The fourth-order valence-corrected chi connectivity index (χ4v) is 2.38. The molecule has 2 aliphatic carbocycles. The highest BCUT2D eigenvalue weighted by atomic mass is 16.1. The van der Waals surface area contributed by atoms with E-state index in [1.807, 2.05) is 6.92 Å². The van der Waals surface area contributed by atoms with Gasteiger partial charge >= 0.3 is 0 Å². The highest BCUT2D eigenvalue weighted by Crippen LogP contribution is 2.61. The minimum absolute atomic E-state index is 0.145. The van der Waals surface area contributed by atoms with Crippen molar-refractivity contribution in [3.8, 4) is 0 Å². The second-order valence-electron chi connectivity index (χ2n) is 3.77. The number of carbonyl (C=O) groups excluding carboxylic acids is 1. The molecule has 2 aliphatic rings. The van der Waals surface area contributed by atoms with Gasteiger partial charge in [0.25, 0.3) is 0 Å². The van der Waals surface area contributed by atoms with Crippen molar-refractivity contribution in [1.29, 1.82) is 0 Å². The van der Waals surface area contributed by atoms with Gasteiger partial charge in [0.2, 0.25) is 0 Å².